The first-order valence-corrected chi connectivity index (χ1v) is 10.1. The van der Waals surface area contributed by atoms with Crippen LogP contribution in [0.1, 0.15) is 25.7 Å². The summed E-state index contributed by atoms with van der Waals surface area (Å²) in [5.41, 5.74) is 1.92. The minimum absolute atomic E-state index is 0.0297. The molecule has 2 bridgehead atoms. The lowest BCUT2D eigenvalue weighted by molar-refractivity contribution is 0.131. The zero-order chi connectivity index (χ0) is 20.7. The van der Waals surface area contributed by atoms with Crippen molar-refractivity contribution in [2.24, 2.45) is 7.05 Å². The second-order valence-electron chi connectivity index (χ2n) is 7.90. The molecule has 0 radical (unpaired) electrons. The van der Waals surface area contributed by atoms with Crippen LogP contribution in [0.4, 0.5) is 10.1 Å². The van der Waals surface area contributed by atoms with Crippen LogP contribution in [-0.4, -0.2) is 37.7 Å². The number of hydrogen-bond acceptors (Lipinski definition) is 6. The molecule has 2 saturated heterocycles. The Bertz CT molecular complexity index is 1090. The highest BCUT2D eigenvalue weighted by atomic mass is 19.1. The molecule has 0 unspecified atom stereocenters. The van der Waals surface area contributed by atoms with E-state index in [4.69, 9.17) is 4.74 Å². The third-order valence-corrected chi connectivity index (χ3v) is 6.02. The molecular formula is C22H22FN5O2. The maximum Gasteiger partial charge on any atom is 0.299 e. The van der Waals surface area contributed by atoms with Crippen molar-refractivity contribution in [3.05, 3.63) is 65.1 Å². The fourth-order valence-electron chi connectivity index (χ4n) is 4.60. The molecule has 3 atom stereocenters. The van der Waals surface area contributed by atoms with Crippen LogP contribution in [0.25, 0.3) is 11.4 Å². The largest absolute Gasteiger partial charge is 0.461 e. The number of anilines is 1. The Labute approximate surface area is 173 Å². The van der Waals surface area contributed by atoms with E-state index in [9.17, 15) is 9.18 Å². The van der Waals surface area contributed by atoms with E-state index in [1.807, 2.05) is 12.1 Å². The lowest BCUT2D eigenvalue weighted by Crippen LogP contribution is -2.46. The van der Waals surface area contributed by atoms with Crippen LogP contribution in [0.2, 0.25) is 0 Å². The first-order chi connectivity index (χ1) is 14.6. The van der Waals surface area contributed by atoms with E-state index in [2.05, 4.69) is 19.9 Å². The van der Waals surface area contributed by atoms with Gasteiger partial charge in [-0.25, -0.2) is 14.4 Å². The number of benzene rings is 1. The van der Waals surface area contributed by atoms with Crippen LogP contribution < -0.4 is 15.2 Å². The quantitative estimate of drug-likeness (QED) is 0.662. The molecule has 0 spiro atoms. The third kappa shape index (κ3) is 3.42. The molecule has 3 aromatic rings. The average Bonchev–Trinajstić information content (AvgIpc) is 3.02. The molecule has 30 heavy (non-hydrogen) atoms. The van der Waals surface area contributed by atoms with E-state index < -0.39 is 0 Å². The van der Waals surface area contributed by atoms with E-state index in [0.29, 0.717) is 29.5 Å². The highest BCUT2D eigenvalue weighted by molar-refractivity contribution is 5.53. The van der Waals surface area contributed by atoms with Gasteiger partial charge in [-0.1, -0.05) is 0 Å². The molecule has 0 amide bonds. The lowest BCUT2D eigenvalue weighted by Gasteiger charge is -2.40. The molecule has 0 aliphatic carbocycles. The lowest BCUT2D eigenvalue weighted by atomic mass is 9.99. The van der Waals surface area contributed by atoms with Gasteiger partial charge < -0.3 is 9.64 Å². The first-order valence-electron chi connectivity index (χ1n) is 10.1. The molecule has 7 nitrogen and oxygen atoms in total. The van der Waals surface area contributed by atoms with Crippen molar-refractivity contribution in [2.45, 2.75) is 43.9 Å². The van der Waals surface area contributed by atoms with Crippen molar-refractivity contribution < 1.29 is 9.13 Å². The topological polar surface area (TPSA) is 73.1 Å². The average molecular weight is 407 g/mol. The van der Waals surface area contributed by atoms with E-state index in [1.54, 1.807) is 19.3 Å². The van der Waals surface area contributed by atoms with Gasteiger partial charge in [0, 0.05) is 49.9 Å². The fraction of sp³-hybridized carbons (Fsp3) is 0.364. The van der Waals surface area contributed by atoms with Crippen molar-refractivity contribution >= 4 is 5.69 Å². The Kier molecular flexibility index (Phi) is 4.69. The van der Waals surface area contributed by atoms with Crippen LogP contribution >= 0.6 is 0 Å². The molecule has 4 heterocycles. The van der Waals surface area contributed by atoms with Gasteiger partial charge in [-0.05, 0) is 43.2 Å². The van der Waals surface area contributed by atoms with Gasteiger partial charge in [-0.2, -0.15) is 4.98 Å². The molecule has 8 heteroatoms. The minimum Gasteiger partial charge on any atom is -0.461 e. The van der Waals surface area contributed by atoms with Gasteiger partial charge in [0.25, 0.3) is 11.6 Å². The maximum atomic E-state index is 13.3. The molecule has 2 aliphatic heterocycles. The molecule has 2 aromatic heterocycles. The van der Waals surface area contributed by atoms with Gasteiger partial charge in [0.05, 0.1) is 11.4 Å². The third-order valence-electron chi connectivity index (χ3n) is 6.02. The van der Waals surface area contributed by atoms with Gasteiger partial charge in [0.2, 0.25) is 0 Å². The highest BCUT2D eigenvalue weighted by Gasteiger charge is 2.42. The zero-order valence-corrected chi connectivity index (χ0v) is 16.6. The summed E-state index contributed by atoms with van der Waals surface area (Å²) in [6, 6.07) is 10.9. The van der Waals surface area contributed by atoms with Crippen molar-refractivity contribution in [1.82, 2.24) is 19.5 Å². The maximum absolute atomic E-state index is 13.3. The van der Waals surface area contributed by atoms with Crippen LogP contribution in [-0.2, 0) is 7.05 Å². The Morgan fingerprint density at radius 2 is 1.80 bits per heavy atom. The summed E-state index contributed by atoms with van der Waals surface area (Å²) < 4.78 is 21.0. The standard InChI is InChI=1S/C22H22FN5O2/c1-27-21(29)12-20(19-8-9-24-13-25-19)26-22(27)30-18-10-16-6-7-17(11-18)28(16)15-4-2-14(23)3-5-15/h2-5,8-9,12-13,16-18H,6-7,10-11H2,1H3/t16-,17+,18+. The van der Waals surface area contributed by atoms with Gasteiger partial charge in [0.15, 0.2) is 0 Å². The summed E-state index contributed by atoms with van der Waals surface area (Å²) in [6.07, 6.45) is 6.84. The summed E-state index contributed by atoms with van der Waals surface area (Å²) in [6.45, 7) is 0. The Morgan fingerprint density at radius 3 is 2.47 bits per heavy atom. The molecule has 2 aliphatic rings. The normalized spacial score (nSPS) is 22.9. The molecule has 0 saturated carbocycles. The molecule has 154 valence electrons. The van der Waals surface area contributed by atoms with Crippen LogP contribution in [0.3, 0.4) is 0 Å². The van der Waals surface area contributed by atoms with Crippen LogP contribution in [0.5, 0.6) is 6.01 Å². The summed E-state index contributed by atoms with van der Waals surface area (Å²) in [4.78, 5) is 27.5. The van der Waals surface area contributed by atoms with Crippen LogP contribution in [0, 0.1) is 5.82 Å². The monoisotopic (exact) mass is 407 g/mol. The van der Waals surface area contributed by atoms with Crippen molar-refractivity contribution in [3.8, 4) is 17.4 Å². The predicted octanol–water partition coefficient (Wildman–Crippen LogP) is 2.96. The van der Waals surface area contributed by atoms with E-state index in [-0.39, 0.29) is 17.5 Å². The van der Waals surface area contributed by atoms with Crippen molar-refractivity contribution in [3.63, 3.8) is 0 Å². The highest BCUT2D eigenvalue weighted by Crippen LogP contribution is 2.40. The van der Waals surface area contributed by atoms with Crippen LogP contribution in [0.15, 0.2) is 53.7 Å². The number of rotatable bonds is 4. The number of fused-ring (bicyclic) bond motifs is 2. The Morgan fingerprint density at radius 1 is 1.07 bits per heavy atom. The number of aromatic nitrogens is 4. The number of nitrogens with zero attached hydrogens (tertiary/aromatic N) is 5. The molecular weight excluding hydrogens is 385 g/mol. The van der Waals surface area contributed by atoms with E-state index in [1.165, 1.54) is 29.1 Å². The Hall–Kier alpha value is -3.29. The zero-order valence-electron chi connectivity index (χ0n) is 16.6. The number of halogens is 1. The van der Waals surface area contributed by atoms with Crippen molar-refractivity contribution in [2.75, 3.05) is 4.90 Å². The molecule has 1 aromatic carbocycles. The van der Waals surface area contributed by atoms with E-state index >= 15 is 0 Å². The summed E-state index contributed by atoms with van der Waals surface area (Å²) in [5, 5.41) is 0. The second-order valence-corrected chi connectivity index (χ2v) is 7.90. The molecule has 0 N–H and O–H groups in total. The number of ether oxygens (including phenoxy) is 1. The second kappa shape index (κ2) is 7.51. The smallest absolute Gasteiger partial charge is 0.299 e. The van der Waals surface area contributed by atoms with E-state index in [0.717, 1.165) is 31.4 Å². The van der Waals surface area contributed by atoms with Gasteiger partial charge >= 0.3 is 0 Å². The minimum atomic E-state index is -0.222. The van der Waals surface area contributed by atoms with Gasteiger partial charge in [-0.3, -0.25) is 9.36 Å². The number of piperidine rings is 1. The fourth-order valence-corrected chi connectivity index (χ4v) is 4.60. The van der Waals surface area contributed by atoms with Gasteiger partial charge in [-0.15, -0.1) is 0 Å². The first kappa shape index (κ1) is 18.7. The predicted molar refractivity (Wildman–Crippen MR) is 110 cm³/mol. The summed E-state index contributed by atoms with van der Waals surface area (Å²) in [5.74, 6) is -0.222. The summed E-state index contributed by atoms with van der Waals surface area (Å²) >= 11 is 0. The molecule has 2 fully saturated rings. The molecule has 5 rings (SSSR count). The summed E-state index contributed by atoms with van der Waals surface area (Å²) in [7, 11) is 1.66. The number of hydrogen-bond donors (Lipinski definition) is 0. The Balaban J connectivity index is 1.37. The van der Waals surface area contributed by atoms with Crippen molar-refractivity contribution in [1.29, 1.82) is 0 Å². The van der Waals surface area contributed by atoms with Gasteiger partial charge in [0.1, 0.15) is 18.2 Å². The SMILES string of the molecule is Cn1c(O[C@H]2C[C@H]3CC[C@@H](C2)N3c2ccc(F)cc2)nc(-c2ccncn2)cc1=O.